The van der Waals surface area contributed by atoms with Crippen molar-refractivity contribution in [3.63, 3.8) is 0 Å². The van der Waals surface area contributed by atoms with E-state index >= 15 is 0 Å². The predicted molar refractivity (Wildman–Crippen MR) is 99.4 cm³/mol. The zero-order chi connectivity index (χ0) is 18.9. The Morgan fingerprint density at radius 2 is 1.54 bits per heavy atom. The smallest absolute Gasteiger partial charge is 0.269 e. The lowest BCUT2D eigenvalue weighted by Crippen LogP contribution is -2.41. The highest BCUT2D eigenvalue weighted by molar-refractivity contribution is 9.10. The maximum atomic E-state index is 12.2. The van der Waals surface area contributed by atoms with E-state index in [0.29, 0.717) is 40.3 Å². The molecule has 0 aromatic heterocycles. The fourth-order valence-corrected chi connectivity index (χ4v) is 2.49. The number of carbonyl (C=O) groups is 2. The number of hydrogen-bond acceptors (Lipinski definition) is 5. The molecule has 2 aromatic carbocycles. The van der Waals surface area contributed by atoms with Crippen LogP contribution in [0, 0.1) is 0 Å². The highest BCUT2D eigenvalue weighted by Gasteiger charge is 2.11. The van der Waals surface area contributed by atoms with Crippen molar-refractivity contribution in [3.8, 4) is 11.5 Å². The van der Waals surface area contributed by atoms with E-state index in [0.717, 1.165) is 0 Å². The van der Waals surface area contributed by atoms with Gasteiger partial charge < -0.3 is 14.2 Å². The third kappa shape index (κ3) is 5.47. The van der Waals surface area contributed by atoms with Crippen LogP contribution < -0.4 is 20.3 Å². The topological polar surface area (TPSA) is 85.9 Å². The van der Waals surface area contributed by atoms with Crippen LogP contribution in [-0.4, -0.2) is 39.2 Å². The van der Waals surface area contributed by atoms with Crippen LogP contribution in [0.15, 0.2) is 46.9 Å². The van der Waals surface area contributed by atoms with Gasteiger partial charge >= 0.3 is 0 Å². The quantitative estimate of drug-likeness (QED) is 0.528. The molecule has 2 rings (SSSR count). The van der Waals surface area contributed by atoms with Gasteiger partial charge in [0.15, 0.2) is 0 Å². The van der Waals surface area contributed by atoms with Gasteiger partial charge in [-0.3, -0.25) is 20.4 Å². The molecule has 2 N–H and O–H groups in total. The first-order chi connectivity index (χ1) is 12.5. The highest BCUT2D eigenvalue weighted by Crippen LogP contribution is 2.26. The summed E-state index contributed by atoms with van der Waals surface area (Å²) < 4.78 is 16.1. The first-order valence-electron chi connectivity index (χ1n) is 7.71. The molecule has 2 aromatic rings. The zero-order valence-electron chi connectivity index (χ0n) is 14.4. The van der Waals surface area contributed by atoms with Gasteiger partial charge in [0.25, 0.3) is 11.8 Å². The monoisotopic (exact) mass is 422 g/mol. The van der Waals surface area contributed by atoms with Crippen LogP contribution >= 0.6 is 15.9 Å². The summed E-state index contributed by atoms with van der Waals surface area (Å²) in [6.07, 6.45) is 0. The largest absolute Gasteiger partial charge is 0.497 e. The Bertz CT molecular complexity index is 765. The van der Waals surface area contributed by atoms with E-state index < -0.39 is 11.8 Å². The van der Waals surface area contributed by atoms with E-state index in [9.17, 15) is 9.59 Å². The van der Waals surface area contributed by atoms with E-state index in [4.69, 9.17) is 14.2 Å². The van der Waals surface area contributed by atoms with Crippen LogP contribution in [0.5, 0.6) is 11.5 Å². The molecule has 2 amide bonds. The van der Waals surface area contributed by atoms with Crippen LogP contribution in [0.2, 0.25) is 0 Å². The summed E-state index contributed by atoms with van der Waals surface area (Å²) in [6, 6.07) is 11.4. The van der Waals surface area contributed by atoms with Crippen molar-refractivity contribution in [3.05, 3.63) is 58.1 Å². The summed E-state index contributed by atoms with van der Waals surface area (Å²) >= 11 is 3.35. The van der Waals surface area contributed by atoms with Crippen molar-refractivity contribution in [1.82, 2.24) is 10.9 Å². The summed E-state index contributed by atoms with van der Waals surface area (Å²) in [5.41, 5.74) is 5.51. The number of halogens is 1. The Balaban J connectivity index is 1.92. The molecule has 0 unspecified atom stereocenters. The number of hydrogen-bond donors (Lipinski definition) is 2. The minimum Gasteiger partial charge on any atom is -0.497 e. The van der Waals surface area contributed by atoms with Crippen molar-refractivity contribution in [2.24, 2.45) is 0 Å². The molecule has 0 heterocycles. The summed E-state index contributed by atoms with van der Waals surface area (Å²) in [4.78, 5) is 24.2. The van der Waals surface area contributed by atoms with Gasteiger partial charge in [-0.05, 0) is 58.4 Å². The number of rotatable bonds is 7. The first kappa shape index (κ1) is 19.7. The molecule has 0 atom stereocenters. The molecule has 0 aliphatic rings. The van der Waals surface area contributed by atoms with Crippen LogP contribution in [0.3, 0.4) is 0 Å². The van der Waals surface area contributed by atoms with Crippen molar-refractivity contribution < 1.29 is 23.8 Å². The molecule has 138 valence electrons. The fraction of sp³-hybridized carbons (Fsp3) is 0.222. The molecular weight excluding hydrogens is 404 g/mol. The molecule has 26 heavy (non-hydrogen) atoms. The number of methoxy groups -OCH3 is 2. The van der Waals surface area contributed by atoms with Crippen molar-refractivity contribution >= 4 is 27.7 Å². The average Bonchev–Trinajstić information content (AvgIpc) is 2.67. The second-order valence-corrected chi connectivity index (χ2v) is 5.98. The molecule has 0 bridgehead atoms. The van der Waals surface area contributed by atoms with Crippen LogP contribution in [0.25, 0.3) is 0 Å². The molecule has 0 radical (unpaired) electrons. The van der Waals surface area contributed by atoms with Crippen LogP contribution in [0.1, 0.15) is 20.7 Å². The van der Waals surface area contributed by atoms with Gasteiger partial charge in [-0.1, -0.05) is 0 Å². The summed E-state index contributed by atoms with van der Waals surface area (Å²) in [5, 5.41) is 0. The number of ether oxygens (including phenoxy) is 3. The van der Waals surface area contributed by atoms with Gasteiger partial charge in [-0.15, -0.1) is 0 Å². The van der Waals surface area contributed by atoms with Gasteiger partial charge in [0, 0.05) is 18.2 Å². The van der Waals surface area contributed by atoms with Crippen LogP contribution in [0.4, 0.5) is 0 Å². The lowest BCUT2D eigenvalue weighted by Gasteiger charge is -2.10. The van der Waals surface area contributed by atoms with Gasteiger partial charge in [0.1, 0.15) is 18.1 Å². The Hall–Kier alpha value is -2.58. The van der Waals surface area contributed by atoms with Gasteiger partial charge in [-0.2, -0.15) is 0 Å². The summed E-state index contributed by atoms with van der Waals surface area (Å²) in [6.45, 7) is 0.866. The number of nitrogens with one attached hydrogen (secondary N) is 2. The van der Waals surface area contributed by atoms with Crippen molar-refractivity contribution in [2.45, 2.75) is 0 Å². The first-order valence-corrected chi connectivity index (χ1v) is 8.50. The zero-order valence-corrected chi connectivity index (χ0v) is 16.0. The Kier molecular flexibility index (Phi) is 7.43. The van der Waals surface area contributed by atoms with Crippen LogP contribution in [-0.2, 0) is 4.74 Å². The van der Waals surface area contributed by atoms with Crippen molar-refractivity contribution in [2.75, 3.05) is 27.4 Å². The minimum absolute atomic E-state index is 0.367. The molecule has 0 aliphatic carbocycles. The molecule has 0 spiro atoms. The minimum atomic E-state index is -0.448. The Morgan fingerprint density at radius 3 is 2.12 bits per heavy atom. The molecule has 0 saturated carbocycles. The van der Waals surface area contributed by atoms with Gasteiger partial charge in [0.05, 0.1) is 18.2 Å². The standard InChI is InChI=1S/C18H19BrN2O5/c1-24-9-10-26-16-8-5-13(11-15(16)19)18(23)21-20-17(22)12-3-6-14(25-2)7-4-12/h3-8,11H,9-10H2,1-2H3,(H,20,22)(H,21,23). The number of carbonyl (C=O) groups excluding carboxylic acids is 2. The Labute approximate surface area is 159 Å². The second kappa shape index (κ2) is 9.79. The second-order valence-electron chi connectivity index (χ2n) is 5.12. The van der Waals surface area contributed by atoms with E-state index in [-0.39, 0.29) is 0 Å². The number of benzene rings is 2. The van der Waals surface area contributed by atoms with E-state index in [1.54, 1.807) is 56.7 Å². The number of hydrazine groups is 1. The molecule has 0 aliphatic heterocycles. The lowest BCUT2D eigenvalue weighted by molar-refractivity contribution is 0.0846. The third-order valence-electron chi connectivity index (χ3n) is 3.38. The predicted octanol–water partition coefficient (Wildman–Crippen LogP) is 2.56. The fourth-order valence-electron chi connectivity index (χ4n) is 1.99. The third-order valence-corrected chi connectivity index (χ3v) is 4.00. The summed E-state index contributed by atoms with van der Waals surface area (Å²) in [5.74, 6) is 0.361. The van der Waals surface area contributed by atoms with E-state index in [2.05, 4.69) is 26.8 Å². The summed E-state index contributed by atoms with van der Waals surface area (Å²) in [7, 11) is 3.13. The normalized spacial score (nSPS) is 10.1. The van der Waals surface area contributed by atoms with Crippen molar-refractivity contribution in [1.29, 1.82) is 0 Å². The molecule has 0 fully saturated rings. The van der Waals surface area contributed by atoms with Gasteiger partial charge in [-0.25, -0.2) is 0 Å². The SMILES string of the molecule is COCCOc1ccc(C(=O)NNC(=O)c2ccc(OC)cc2)cc1Br. The number of amides is 2. The average molecular weight is 423 g/mol. The van der Waals surface area contributed by atoms with E-state index in [1.807, 2.05) is 0 Å². The molecule has 0 saturated heterocycles. The highest BCUT2D eigenvalue weighted by atomic mass is 79.9. The maximum Gasteiger partial charge on any atom is 0.269 e. The Morgan fingerprint density at radius 1 is 0.923 bits per heavy atom. The lowest BCUT2D eigenvalue weighted by atomic mass is 10.2. The maximum absolute atomic E-state index is 12.2. The van der Waals surface area contributed by atoms with Gasteiger partial charge in [0.2, 0.25) is 0 Å². The van der Waals surface area contributed by atoms with E-state index in [1.165, 1.54) is 0 Å². The molecule has 8 heteroatoms. The molecular formula is C18H19BrN2O5. The molecule has 7 nitrogen and oxygen atoms in total.